The molecule has 0 bridgehead atoms. The van der Waals surface area contributed by atoms with Crippen LogP contribution in [0.3, 0.4) is 0 Å². The van der Waals surface area contributed by atoms with Crippen LogP contribution in [0.15, 0.2) is 18.2 Å². The second-order valence-corrected chi connectivity index (χ2v) is 4.56. The Morgan fingerprint density at radius 3 is 2.28 bits per heavy atom. The van der Waals surface area contributed by atoms with Crippen LogP contribution in [0.2, 0.25) is 0 Å². The van der Waals surface area contributed by atoms with Crippen molar-refractivity contribution in [2.24, 2.45) is 0 Å². The second-order valence-electron chi connectivity index (χ2n) is 4.56. The molecule has 6 heteroatoms. The maximum absolute atomic E-state index is 12.8. The van der Waals surface area contributed by atoms with Gasteiger partial charge in [-0.25, -0.2) is 0 Å². The Balaban J connectivity index is 2.24. The maximum atomic E-state index is 12.8. The predicted octanol–water partition coefficient (Wildman–Crippen LogP) is 2.04. The van der Waals surface area contributed by atoms with E-state index in [2.05, 4.69) is 4.90 Å². The number of hydrogen-bond acceptors (Lipinski definition) is 3. The summed E-state index contributed by atoms with van der Waals surface area (Å²) in [5.74, 6) is 0. The Labute approximate surface area is 104 Å². The summed E-state index contributed by atoms with van der Waals surface area (Å²) in [5, 5.41) is 0. The molecular formula is C12H16F3N3. The summed E-state index contributed by atoms with van der Waals surface area (Å²) in [4.78, 5) is 4.10. The van der Waals surface area contributed by atoms with Crippen molar-refractivity contribution >= 4 is 11.4 Å². The standard InChI is InChI=1S/C12H16F3N3/c1-17-4-6-18(7-5-17)9-2-3-11(16)10(8-9)12(13,14)15/h2-3,8H,4-7,16H2,1H3. The number of likely N-dealkylation sites (N-methyl/N-ethyl adjacent to an activating group) is 1. The van der Waals surface area contributed by atoms with Crippen LogP contribution in [0.5, 0.6) is 0 Å². The average molecular weight is 259 g/mol. The highest BCUT2D eigenvalue weighted by molar-refractivity contribution is 5.59. The molecule has 18 heavy (non-hydrogen) atoms. The fourth-order valence-electron chi connectivity index (χ4n) is 2.05. The highest BCUT2D eigenvalue weighted by Crippen LogP contribution is 2.36. The lowest BCUT2D eigenvalue weighted by Crippen LogP contribution is -2.44. The van der Waals surface area contributed by atoms with Gasteiger partial charge in [-0.1, -0.05) is 0 Å². The second kappa shape index (κ2) is 4.68. The molecule has 0 amide bonds. The SMILES string of the molecule is CN1CCN(c2ccc(N)c(C(F)(F)F)c2)CC1. The predicted molar refractivity (Wildman–Crippen MR) is 65.6 cm³/mol. The van der Waals surface area contributed by atoms with Crippen LogP contribution < -0.4 is 10.6 Å². The minimum absolute atomic E-state index is 0.222. The topological polar surface area (TPSA) is 32.5 Å². The molecule has 1 heterocycles. The number of rotatable bonds is 1. The van der Waals surface area contributed by atoms with E-state index in [1.54, 1.807) is 6.07 Å². The third kappa shape index (κ3) is 2.69. The van der Waals surface area contributed by atoms with Crippen LogP contribution in [-0.2, 0) is 6.18 Å². The Kier molecular flexibility index (Phi) is 3.38. The van der Waals surface area contributed by atoms with Crippen LogP contribution in [0.25, 0.3) is 0 Å². The van der Waals surface area contributed by atoms with Gasteiger partial charge in [0.1, 0.15) is 0 Å². The van der Waals surface area contributed by atoms with E-state index >= 15 is 0 Å². The van der Waals surface area contributed by atoms with E-state index in [1.807, 2.05) is 11.9 Å². The van der Waals surface area contributed by atoms with Gasteiger partial charge in [0.2, 0.25) is 0 Å². The zero-order chi connectivity index (χ0) is 13.3. The van der Waals surface area contributed by atoms with Gasteiger partial charge >= 0.3 is 6.18 Å². The van der Waals surface area contributed by atoms with Crippen molar-refractivity contribution in [3.63, 3.8) is 0 Å². The third-order valence-electron chi connectivity index (χ3n) is 3.21. The largest absolute Gasteiger partial charge is 0.418 e. The third-order valence-corrected chi connectivity index (χ3v) is 3.21. The van der Waals surface area contributed by atoms with E-state index in [-0.39, 0.29) is 5.69 Å². The quantitative estimate of drug-likeness (QED) is 0.783. The van der Waals surface area contributed by atoms with Crippen molar-refractivity contribution in [2.75, 3.05) is 43.9 Å². The van der Waals surface area contributed by atoms with Gasteiger partial charge in [0.05, 0.1) is 5.56 Å². The van der Waals surface area contributed by atoms with Crippen molar-refractivity contribution in [3.05, 3.63) is 23.8 Å². The molecule has 1 aromatic carbocycles. The Morgan fingerprint density at radius 1 is 1.11 bits per heavy atom. The number of anilines is 2. The Morgan fingerprint density at radius 2 is 1.72 bits per heavy atom. The van der Waals surface area contributed by atoms with Crippen molar-refractivity contribution in [2.45, 2.75) is 6.18 Å². The number of piperazine rings is 1. The molecule has 0 aromatic heterocycles. The highest BCUT2D eigenvalue weighted by Gasteiger charge is 2.33. The van der Waals surface area contributed by atoms with Crippen LogP contribution in [0, 0.1) is 0 Å². The van der Waals surface area contributed by atoms with Gasteiger partial charge in [-0.2, -0.15) is 13.2 Å². The molecule has 1 aromatic rings. The zero-order valence-electron chi connectivity index (χ0n) is 10.2. The summed E-state index contributed by atoms with van der Waals surface area (Å²) in [5.41, 5.74) is 5.00. The molecule has 0 spiro atoms. The molecular weight excluding hydrogens is 243 g/mol. The molecule has 1 fully saturated rings. The molecule has 1 aliphatic heterocycles. The summed E-state index contributed by atoms with van der Waals surface area (Å²) in [7, 11) is 2.00. The minimum Gasteiger partial charge on any atom is -0.398 e. The van der Waals surface area contributed by atoms with Crippen LogP contribution >= 0.6 is 0 Å². The summed E-state index contributed by atoms with van der Waals surface area (Å²) in [6.07, 6.45) is -4.40. The summed E-state index contributed by atoms with van der Waals surface area (Å²) >= 11 is 0. The fraction of sp³-hybridized carbons (Fsp3) is 0.500. The average Bonchev–Trinajstić information content (AvgIpc) is 2.29. The first kappa shape index (κ1) is 13.0. The number of nitrogens with zero attached hydrogens (tertiary/aromatic N) is 2. The lowest BCUT2D eigenvalue weighted by molar-refractivity contribution is -0.136. The van der Waals surface area contributed by atoms with Crippen LogP contribution in [0.4, 0.5) is 24.5 Å². The van der Waals surface area contributed by atoms with E-state index in [9.17, 15) is 13.2 Å². The van der Waals surface area contributed by atoms with Crippen LogP contribution in [0.1, 0.15) is 5.56 Å². The van der Waals surface area contributed by atoms with Gasteiger partial charge in [0.25, 0.3) is 0 Å². The lowest BCUT2D eigenvalue weighted by atomic mass is 10.1. The minimum atomic E-state index is -4.40. The lowest BCUT2D eigenvalue weighted by Gasteiger charge is -2.34. The van der Waals surface area contributed by atoms with Gasteiger partial charge in [0.15, 0.2) is 0 Å². The molecule has 0 aliphatic carbocycles. The van der Waals surface area contributed by atoms with Crippen molar-refractivity contribution in [1.82, 2.24) is 4.90 Å². The first-order chi connectivity index (χ1) is 8.38. The fourth-order valence-corrected chi connectivity index (χ4v) is 2.05. The number of halogens is 3. The molecule has 0 radical (unpaired) electrons. The normalized spacial score (nSPS) is 18.1. The summed E-state index contributed by atoms with van der Waals surface area (Å²) in [6.45, 7) is 3.17. The highest BCUT2D eigenvalue weighted by atomic mass is 19.4. The first-order valence-corrected chi connectivity index (χ1v) is 5.78. The molecule has 1 saturated heterocycles. The number of alkyl halides is 3. The van der Waals surface area contributed by atoms with Gasteiger partial charge in [0, 0.05) is 37.6 Å². The first-order valence-electron chi connectivity index (χ1n) is 5.78. The van der Waals surface area contributed by atoms with Gasteiger partial charge in [-0.15, -0.1) is 0 Å². The van der Waals surface area contributed by atoms with E-state index < -0.39 is 11.7 Å². The van der Waals surface area contributed by atoms with Gasteiger partial charge in [-0.3, -0.25) is 0 Å². The van der Waals surface area contributed by atoms with E-state index in [0.29, 0.717) is 5.69 Å². The summed E-state index contributed by atoms with van der Waals surface area (Å²) < 4.78 is 38.3. The monoisotopic (exact) mass is 259 g/mol. The summed E-state index contributed by atoms with van der Waals surface area (Å²) in [6, 6.07) is 4.12. The van der Waals surface area contributed by atoms with Crippen LogP contribution in [-0.4, -0.2) is 38.1 Å². The van der Waals surface area contributed by atoms with E-state index in [4.69, 9.17) is 5.73 Å². The molecule has 1 aliphatic rings. The molecule has 2 N–H and O–H groups in total. The number of nitrogens with two attached hydrogens (primary N) is 1. The molecule has 0 saturated carbocycles. The smallest absolute Gasteiger partial charge is 0.398 e. The number of benzene rings is 1. The van der Waals surface area contributed by atoms with E-state index in [1.165, 1.54) is 6.07 Å². The zero-order valence-corrected chi connectivity index (χ0v) is 10.2. The number of nitrogen functional groups attached to an aromatic ring is 1. The Hall–Kier alpha value is -1.43. The molecule has 3 nitrogen and oxygen atoms in total. The van der Waals surface area contributed by atoms with E-state index in [0.717, 1.165) is 32.2 Å². The molecule has 0 unspecified atom stereocenters. The van der Waals surface area contributed by atoms with Crippen molar-refractivity contribution < 1.29 is 13.2 Å². The van der Waals surface area contributed by atoms with Gasteiger partial charge in [-0.05, 0) is 25.2 Å². The van der Waals surface area contributed by atoms with Crippen molar-refractivity contribution in [3.8, 4) is 0 Å². The maximum Gasteiger partial charge on any atom is 0.418 e. The molecule has 2 rings (SSSR count). The van der Waals surface area contributed by atoms with Crippen molar-refractivity contribution in [1.29, 1.82) is 0 Å². The van der Waals surface area contributed by atoms with Gasteiger partial charge < -0.3 is 15.5 Å². The number of hydrogen-bond donors (Lipinski definition) is 1. The Bertz CT molecular complexity index is 423. The molecule has 0 atom stereocenters. The molecule has 100 valence electrons.